The highest BCUT2D eigenvalue weighted by molar-refractivity contribution is 6.24. The van der Waals surface area contributed by atoms with Crippen molar-refractivity contribution >= 4 is 60.5 Å². The van der Waals surface area contributed by atoms with E-state index in [4.69, 9.17) is 4.42 Å². The van der Waals surface area contributed by atoms with Gasteiger partial charge in [-0.25, -0.2) is 0 Å². The Morgan fingerprint density at radius 3 is 1.63 bits per heavy atom. The van der Waals surface area contributed by atoms with Gasteiger partial charge in [0.15, 0.2) is 0 Å². The molecule has 12 aromatic rings. The molecule has 0 amide bonds. The monoisotopic (exact) mass is 825 g/mol. The summed E-state index contributed by atoms with van der Waals surface area (Å²) in [5.74, 6) is 0. The number of fused-ring (bicyclic) bond motifs is 16. The predicted octanol–water partition coefficient (Wildman–Crippen LogP) is 17.0. The number of rotatable bonds is 5. The number of hydrogen-bond donors (Lipinski definition) is 0. The van der Waals surface area contributed by atoms with Crippen LogP contribution in [0.25, 0.3) is 88.0 Å². The van der Waals surface area contributed by atoms with Gasteiger partial charge in [-0.05, 0) is 102 Å². The summed E-state index contributed by atoms with van der Waals surface area (Å²) in [6.07, 6.45) is 0. The van der Waals surface area contributed by atoms with Crippen molar-refractivity contribution in [2.24, 2.45) is 0 Å². The highest BCUT2D eigenvalue weighted by Crippen LogP contribution is 2.65. The van der Waals surface area contributed by atoms with E-state index >= 15 is 0 Å². The molecule has 0 aliphatic heterocycles. The maximum absolute atomic E-state index is 7.10. The highest BCUT2D eigenvalue weighted by Gasteiger charge is 2.52. The first kappa shape index (κ1) is 36.1. The van der Waals surface area contributed by atoms with E-state index in [-0.39, 0.29) is 0 Å². The average Bonchev–Trinajstić information content (AvgIpc) is 4.02. The molecule has 1 aromatic heterocycles. The quantitative estimate of drug-likeness (QED) is 0.172. The Labute approximate surface area is 376 Å². The number of anilines is 3. The lowest BCUT2D eigenvalue weighted by molar-refractivity contribution is 0.672. The molecule has 1 heterocycles. The second-order valence-electron chi connectivity index (χ2n) is 17.4. The topological polar surface area (TPSA) is 16.4 Å². The zero-order chi connectivity index (χ0) is 42.6. The Bertz CT molecular complexity index is 3860. The number of hydrogen-bond acceptors (Lipinski definition) is 2. The summed E-state index contributed by atoms with van der Waals surface area (Å²) in [5, 5.41) is 6.88. The van der Waals surface area contributed by atoms with E-state index in [0.29, 0.717) is 0 Å². The van der Waals surface area contributed by atoms with E-state index in [1.165, 1.54) is 71.8 Å². The molecule has 0 fully saturated rings. The number of nitrogens with zero attached hydrogens (tertiary/aromatic N) is 1. The van der Waals surface area contributed by atoms with Crippen LogP contribution in [0.2, 0.25) is 0 Å². The van der Waals surface area contributed by atoms with Gasteiger partial charge in [0.2, 0.25) is 0 Å². The van der Waals surface area contributed by atoms with Crippen LogP contribution < -0.4 is 4.90 Å². The average molecular weight is 826 g/mol. The van der Waals surface area contributed by atoms with Gasteiger partial charge in [-0.15, -0.1) is 0 Å². The van der Waals surface area contributed by atoms with Crippen LogP contribution >= 0.6 is 0 Å². The zero-order valence-electron chi connectivity index (χ0n) is 35.4. The minimum Gasteiger partial charge on any atom is -0.455 e. The fourth-order valence-electron chi connectivity index (χ4n) is 11.7. The number of para-hydroxylation sites is 1. The summed E-state index contributed by atoms with van der Waals surface area (Å²) in [7, 11) is 0. The predicted molar refractivity (Wildman–Crippen MR) is 271 cm³/mol. The van der Waals surface area contributed by atoms with Gasteiger partial charge in [0.1, 0.15) is 11.2 Å². The molecule has 65 heavy (non-hydrogen) atoms. The largest absolute Gasteiger partial charge is 0.455 e. The van der Waals surface area contributed by atoms with Gasteiger partial charge in [-0.1, -0.05) is 206 Å². The Morgan fingerprint density at radius 2 is 0.846 bits per heavy atom. The summed E-state index contributed by atoms with van der Waals surface area (Å²) in [5.41, 5.74) is 19.6. The van der Waals surface area contributed by atoms with Crippen LogP contribution in [0.1, 0.15) is 22.3 Å². The molecule has 2 aliphatic rings. The van der Waals surface area contributed by atoms with Crippen molar-refractivity contribution in [3.63, 3.8) is 0 Å². The molecular formula is C63H39NO. The van der Waals surface area contributed by atoms with Gasteiger partial charge in [0, 0.05) is 21.9 Å². The summed E-state index contributed by atoms with van der Waals surface area (Å²) >= 11 is 0. The van der Waals surface area contributed by atoms with Crippen LogP contribution in [0, 0.1) is 0 Å². The van der Waals surface area contributed by atoms with E-state index in [1.54, 1.807) is 0 Å². The molecule has 0 bridgehead atoms. The number of benzene rings is 11. The standard InChI is InChI=1S/C63H39NO/c1-2-19-41(20-3-1)43-24-11-15-35-56(43)64(57-36-17-34-55-60(57)49-29-10-14-33-54(49)63(55)52-31-12-8-26-46(52)47-27-9-13-32-53(47)63)58-37-18-38-59-61(58)51-39-50(45-25-6-7-28-48(45)62(51)65-59)44-30-16-22-40-21-4-5-23-42(40)44/h1-39H. The van der Waals surface area contributed by atoms with Crippen molar-refractivity contribution < 1.29 is 4.42 Å². The van der Waals surface area contributed by atoms with Crippen LogP contribution in [-0.2, 0) is 5.41 Å². The Balaban J connectivity index is 1.12. The molecule has 0 saturated heterocycles. The molecular weight excluding hydrogens is 787 g/mol. The molecule has 0 unspecified atom stereocenters. The van der Waals surface area contributed by atoms with Gasteiger partial charge in [0.05, 0.1) is 27.9 Å². The van der Waals surface area contributed by atoms with Crippen LogP contribution in [0.4, 0.5) is 17.1 Å². The minimum atomic E-state index is -0.486. The molecule has 1 spiro atoms. The van der Waals surface area contributed by atoms with E-state index in [9.17, 15) is 0 Å². The molecule has 302 valence electrons. The van der Waals surface area contributed by atoms with Crippen LogP contribution in [0.15, 0.2) is 241 Å². The fraction of sp³-hybridized carbons (Fsp3) is 0.0159. The lowest BCUT2D eigenvalue weighted by Crippen LogP contribution is -2.26. The fourth-order valence-corrected chi connectivity index (χ4v) is 11.7. The van der Waals surface area contributed by atoms with Gasteiger partial charge in [-0.3, -0.25) is 0 Å². The SMILES string of the molecule is c1ccc(-c2ccccc2N(c2cccc3c2-c2ccccc2C32c3ccccc3-c3ccccc32)c2cccc3oc4c5ccccc5c(-c5cccc6ccccc56)cc4c23)cc1. The molecule has 2 nitrogen and oxygen atoms in total. The second kappa shape index (κ2) is 13.8. The third-order valence-electron chi connectivity index (χ3n) is 14.3. The van der Waals surface area contributed by atoms with Crippen molar-refractivity contribution in [2.75, 3.05) is 4.90 Å². The molecule has 2 heteroatoms. The van der Waals surface area contributed by atoms with E-state index in [0.717, 1.165) is 55.5 Å². The summed E-state index contributed by atoms with van der Waals surface area (Å²) < 4.78 is 7.10. The Kier molecular flexibility index (Phi) is 7.64. The van der Waals surface area contributed by atoms with Crippen molar-refractivity contribution in [1.82, 2.24) is 0 Å². The van der Waals surface area contributed by atoms with E-state index in [2.05, 4.69) is 241 Å². The molecule has 0 saturated carbocycles. The summed E-state index contributed by atoms with van der Waals surface area (Å²) in [6, 6.07) is 87.0. The Morgan fingerprint density at radius 1 is 0.323 bits per heavy atom. The Hall–Kier alpha value is -8.46. The summed E-state index contributed by atoms with van der Waals surface area (Å²) in [6.45, 7) is 0. The zero-order valence-corrected chi connectivity index (χ0v) is 35.4. The lowest BCUT2D eigenvalue weighted by Gasteiger charge is -2.32. The van der Waals surface area contributed by atoms with E-state index < -0.39 is 5.41 Å². The first-order valence-electron chi connectivity index (χ1n) is 22.5. The highest BCUT2D eigenvalue weighted by atomic mass is 16.3. The maximum Gasteiger partial charge on any atom is 0.143 e. The van der Waals surface area contributed by atoms with Crippen LogP contribution in [0.5, 0.6) is 0 Å². The lowest BCUT2D eigenvalue weighted by atomic mass is 9.70. The van der Waals surface area contributed by atoms with Gasteiger partial charge >= 0.3 is 0 Å². The van der Waals surface area contributed by atoms with Gasteiger partial charge in [0.25, 0.3) is 0 Å². The number of furan rings is 1. The van der Waals surface area contributed by atoms with E-state index in [1.807, 2.05) is 0 Å². The molecule has 11 aromatic carbocycles. The second-order valence-corrected chi connectivity index (χ2v) is 17.4. The first-order chi connectivity index (χ1) is 32.3. The van der Waals surface area contributed by atoms with Gasteiger partial charge < -0.3 is 9.32 Å². The van der Waals surface area contributed by atoms with Crippen LogP contribution in [-0.4, -0.2) is 0 Å². The normalized spacial score (nSPS) is 13.0. The third kappa shape index (κ3) is 4.94. The van der Waals surface area contributed by atoms with Crippen molar-refractivity contribution in [3.05, 3.63) is 259 Å². The van der Waals surface area contributed by atoms with Crippen LogP contribution in [0.3, 0.4) is 0 Å². The first-order valence-corrected chi connectivity index (χ1v) is 22.5. The third-order valence-corrected chi connectivity index (χ3v) is 14.3. The molecule has 2 aliphatic carbocycles. The molecule has 14 rings (SSSR count). The minimum absolute atomic E-state index is 0.486. The smallest absolute Gasteiger partial charge is 0.143 e. The molecule has 0 radical (unpaired) electrons. The van der Waals surface area contributed by atoms with Gasteiger partial charge in [-0.2, -0.15) is 0 Å². The maximum atomic E-state index is 7.10. The van der Waals surface area contributed by atoms with Crippen molar-refractivity contribution in [2.45, 2.75) is 5.41 Å². The van der Waals surface area contributed by atoms with Crippen molar-refractivity contribution in [3.8, 4) is 44.5 Å². The molecule has 0 N–H and O–H groups in total. The van der Waals surface area contributed by atoms with Crippen molar-refractivity contribution in [1.29, 1.82) is 0 Å². The molecule has 0 atom stereocenters. The summed E-state index contributed by atoms with van der Waals surface area (Å²) in [4.78, 5) is 2.54.